The van der Waals surface area contributed by atoms with Crippen molar-refractivity contribution < 1.29 is 32.3 Å². The standard InChI is InChI=1S/C25H35F3N2O4/c1-13(25(26,27)28)20(22(33)34-4)30-21(32)17-7-6-15-14-5-8-18-24(3,12-10-19(31)29-18)16(14)9-11-23(15,17)2/h10,12-18,20H,5-9,11H2,1-4H3,(H,29,31)(H,30,32)/t13?,14-,15-,16+,17?,18?,20?,23-,24+/m0/s1. The second-order valence-electron chi connectivity index (χ2n) is 11.2. The molecule has 3 aliphatic carbocycles. The van der Waals surface area contributed by atoms with Gasteiger partial charge in [0.05, 0.1) is 13.0 Å². The van der Waals surface area contributed by atoms with Crippen LogP contribution in [0.4, 0.5) is 13.2 Å². The molecule has 2 N–H and O–H groups in total. The predicted molar refractivity (Wildman–Crippen MR) is 118 cm³/mol. The van der Waals surface area contributed by atoms with E-state index in [1.54, 1.807) is 6.08 Å². The molecule has 4 unspecified atom stereocenters. The molecule has 4 rings (SSSR count). The number of methoxy groups -OCH3 is 1. The second kappa shape index (κ2) is 8.55. The molecular weight excluding hydrogens is 449 g/mol. The van der Waals surface area contributed by atoms with E-state index < -0.39 is 35.9 Å². The van der Waals surface area contributed by atoms with E-state index >= 15 is 0 Å². The quantitative estimate of drug-likeness (QED) is 0.596. The van der Waals surface area contributed by atoms with Crippen LogP contribution in [0.1, 0.15) is 59.3 Å². The van der Waals surface area contributed by atoms with E-state index in [1.165, 1.54) is 0 Å². The number of alkyl halides is 3. The van der Waals surface area contributed by atoms with Gasteiger partial charge in [-0.3, -0.25) is 9.59 Å². The molecule has 4 aliphatic rings. The molecule has 0 aromatic rings. The summed E-state index contributed by atoms with van der Waals surface area (Å²) in [4.78, 5) is 37.3. The maximum atomic E-state index is 13.4. The number of esters is 1. The van der Waals surface area contributed by atoms with Gasteiger partial charge in [0.25, 0.3) is 0 Å². The lowest BCUT2D eigenvalue weighted by Crippen LogP contribution is -2.60. The summed E-state index contributed by atoms with van der Waals surface area (Å²) in [6.07, 6.45) is 4.02. The molecule has 0 radical (unpaired) electrons. The van der Waals surface area contributed by atoms with Crippen LogP contribution < -0.4 is 10.6 Å². The molecule has 0 saturated heterocycles. The number of fused-ring (bicyclic) bond motifs is 5. The van der Waals surface area contributed by atoms with Crippen LogP contribution in [0.2, 0.25) is 0 Å². The van der Waals surface area contributed by atoms with Crippen LogP contribution in [0.15, 0.2) is 12.2 Å². The van der Waals surface area contributed by atoms with Gasteiger partial charge < -0.3 is 15.4 Å². The van der Waals surface area contributed by atoms with E-state index in [0.29, 0.717) is 18.3 Å². The first-order valence-corrected chi connectivity index (χ1v) is 12.3. The lowest BCUT2D eigenvalue weighted by Gasteiger charge is -2.58. The Morgan fingerprint density at radius 3 is 2.50 bits per heavy atom. The Balaban J connectivity index is 1.53. The number of amides is 2. The largest absolute Gasteiger partial charge is 0.467 e. The topological polar surface area (TPSA) is 84.5 Å². The third kappa shape index (κ3) is 3.92. The van der Waals surface area contributed by atoms with Crippen LogP contribution >= 0.6 is 0 Å². The Bertz CT molecular complexity index is 890. The first kappa shape index (κ1) is 25.0. The Hall–Kier alpha value is -2.06. The van der Waals surface area contributed by atoms with Crippen LogP contribution in [0.5, 0.6) is 0 Å². The smallest absolute Gasteiger partial charge is 0.394 e. The number of halogens is 3. The van der Waals surface area contributed by atoms with Crippen molar-refractivity contribution in [2.24, 2.45) is 40.4 Å². The minimum absolute atomic E-state index is 0.0487. The zero-order chi connectivity index (χ0) is 25.1. The highest BCUT2D eigenvalue weighted by Gasteiger charge is 2.61. The highest BCUT2D eigenvalue weighted by atomic mass is 19.4. The summed E-state index contributed by atoms with van der Waals surface area (Å²) < 4.78 is 44.6. The van der Waals surface area contributed by atoms with Gasteiger partial charge in [0, 0.05) is 17.4 Å². The van der Waals surface area contributed by atoms with Gasteiger partial charge in [0.1, 0.15) is 6.04 Å². The SMILES string of the molecule is COC(=O)C(NC(=O)C1CC[C@H]2[C@@H]3CCC4NC(=O)C=C[C@]4(C)[C@@H]3CC[C@]12C)C(C)C(F)(F)F. The third-order valence-corrected chi connectivity index (χ3v) is 9.77. The molecule has 9 heteroatoms. The molecule has 0 aromatic carbocycles. The van der Waals surface area contributed by atoms with Gasteiger partial charge in [-0.05, 0) is 67.8 Å². The number of hydrogen-bond donors (Lipinski definition) is 2. The van der Waals surface area contributed by atoms with E-state index in [2.05, 4.69) is 35.3 Å². The monoisotopic (exact) mass is 484 g/mol. The molecule has 0 spiro atoms. The average Bonchev–Trinajstić information content (AvgIpc) is 3.13. The lowest BCUT2D eigenvalue weighted by atomic mass is 9.48. The number of carbonyl (C=O) groups is 3. The summed E-state index contributed by atoms with van der Waals surface area (Å²) in [6, 6.07) is -1.65. The first-order valence-electron chi connectivity index (χ1n) is 12.3. The Labute approximate surface area is 198 Å². The minimum atomic E-state index is -4.64. The van der Waals surface area contributed by atoms with Gasteiger partial charge in [0.15, 0.2) is 0 Å². The molecule has 3 fully saturated rings. The van der Waals surface area contributed by atoms with Crippen molar-refractivity contribution in [3.8, 4) is 0 Å². The number of rotatable bonds is 4. The molecule has 34 heavy (non-hydrogen) atoms. The van der Waals surface area contributed by atoms with Gasteiger partial charge >= 0.3 is 12.1 Å². The van der Waals surface area contributed by atoms with Gasteiger partial charge in [0.2, 0.25) is 11.8 Å². The summed E-state index contributed by atoms with van der Waals surface area (Å²) in [5.41, 5.74) is -0.463. The van der Waals surface area contributed by atoms with E-state index in [-0.39, 0.29) is 28.7 Å². The highest BCUT2D eigenvalue weighted by molar-refractivity contribution is 5.89. The van der Waals surface area contributed by atoms with Crippen molar-refractivity contribution in [1.82, 2.24) is 10.6 Å². The normalized spacial score (nSPS) is 40.8. The summed E-state index contributed by atoms with van der Waals surface area (Å²) in [5.74, 6) is -3.06. The molecule has 1 heterocycles. The van der Waals surface area contributed by atoms with E-state index in [9.17, 15) is 27.6 Å². The van der Waals surface area contributed by atoms with Crippen LogP contribution in [0.3, 0.4) is 0 Å². The fourth-order valence-electron chi connectivity index (χ4n) is 7.72. The third-order valence-electron chi connectivity index (χ3n) is 9.77. The van der Waals surface area contributed by atoms with Crippen molar-refractivity contribution in [3.63, 3.8) is 0 Å². The number of hydrogen-bond acceptors (Lipinski definition) is 4. The van der Waals surface area contributed by atoms with E-state index in [1.807, 2.05) is 0 Å². The van der Waals surface area contributed by atoms with Crippen molar-refractivity contribution in [3.05, 3.63) is 12.2 Å². The lowest BCUT2D eigenvalue weighted by molar-refractivity contribution is -0.187. The van der Waals surface area contributed by atoms with Gasteiger partial charge in [-0.15, -0.1) is 0 Å². The number of carbonyl (C=O) groups excluding carboxylic acids is 3. The van der Waals surface area contributed by atoms with Gasteiger partial charge in [-0.2, -0.15) is 13.2 Å². The average molecular weight is 485 g/mol. The van der Waals surface area contributed by atoms with Gasteiger partial charge in [-0.1, -0.05) is 26.8 Å². The molecule has 1 aliphatic heterocycles. The Morgan fingerprint density at radius 1 is 1.15 bits per heavy atom. The minimum Gasteiger partial charge on any atom is -0.467 e. The summed E-state index contributed by atoms with van der Waals surface area (Å²) in [5, 5.41) is 5.53. The van der Waals surface area contributed by atoms with Crippen molar-refractivity contribution in [2.45, 2.75) is 77.6 Å². The zero-order valence-corrected chi connectivity index (χ0v) is 20.2. The second-order valence-corrected chi connectivity index (χ2v) is 11.2. The number of ether oxygens (including phenoxy) is 1. The molecule has 3 saturated carbocycles. The fourth-order valence-corrected chi connectivity index (χ4v) is 7.72. The van der Waals surface area contributed by atoms with Crippen molar-refractivity contribution >= 4 is 17.8 Å². The van der Waals surface area contributed by atoms with Crippen LogP contribution in [0, 0.1) is 40.4 Å². The van der Waals surface area contributed by atoms with Gasteiger partial charge in [-0.25, -0.2) is 4.79 Å². The Morgan fingerprint density at radius 2 is 1.85 bits per heavy atom. The molecule has 0 aromatic heterocycles. The first-order chi connectivity index (χ1) is 15.8. The maximum Gasteiger partial charge on any atom is 0.394 e. The van der Waals surface area contributed by atoms with Crippen molar-refractivity contribution in [1.29, 1.82) is 0 Å². The van der Waals surface area contributed by atoms with E-state index in [4.69, 9.17) is 0 Å². The summed E-state index contributed by atoms with van der Waals surface area (Å²) in [6.45, 7) is 5.20. The fraction of sp³-hybridized carbons (Fsp3) is 0.800. The maximum absolute atomic E-state index is 13.4. The molecule has 6 nitrogen and oxygen atoms in total. The predicted octanol–water partition coefficient (Wildman–Crippen LogP) is 3.76. The molecular formula is C25H35F3N2O4. The number of nitrogens with one attached hydrogen (secondary N) is 2. The molecule has 0 bridgehead atoms. The summed E-state index contributed by atoms with van der Waals surface area (Å²) >= 11 is 0. The Kier molecular flexibility index (Phi) is 6.30. The molecule has 9 atom stereocenters. The van der Waals surface area contributed by atoms with Crippen LogP contribution in [-0.2, 0) is 19.1 Å². The molecule has 2 amide bonds. The van der Waals surface area contributed by atoms with E-state index in [0.717, 1.165) is 46.1 Å². The van der Waals surface area contributed by atoms with Crippen LogP contribution in [-0.4, -0.2) is 43.2 Å². The molecule has 190 valence electrons. The summed E-state index contributed by atoms with van der Waals surface area (Å²) in [7, 11) is 1.03. The van der Waals surface area contributed by atoms with Crippen LogP contribution in [0.25, 0.3) is 0 Å². The van der Waals surface area contributed by atoms with Crippen molar-refractivity contribution in [2.75, 3.05) is 7.11 Å². The zero-order valence-electron chi connectivity index (χ0n) is 20.2. The highest BCUT2D eigenvalue weighted by Crippen LogP contribution is 2.65.